The maximum absolute atomic E-state index is 13.6. The maximum atomic E-state index is 13.6. The van der Waals surface area contributed by atoms with E-state index in [0.29, 0.717) is 45.1 Å². The standard InChI is InChI=1S/C24H25ClN2O3/c1-15-11-16(2)14-26(13-15)22-21(17-7-9-18(25)10-8-17)23(28)27(24(22)29)19-5-4-6-20(12-19)30-3/h4-10,12,15-16H,11,13-14H2,1-3H3. The number of carbonyl (C=O) groups is 2. The van der Waals surface area contributed by atoms with Gasteiger partial charge in [0.15, 0.2) is 0 Å². The first-order valence-electron chi connectivity index (χ1n) is 10.2. The number of nitrogens with zero attached hydrogens (tertiary/aromatic N) is 2. The number of hydrogen-bond acceptors (Lipinski definition) is 4. The van der Waals surface area contributed by atoms with Crippen molar-refractivity contribution in [2.24, 2.45) is 11.8 Å². The molecule has 0 saturated carbocycles. The highest BCUT2D eigenvalue weighted by atomic mass is 35.5. The third-order valence-electron chi connectivity index (χ3n) is 5.69. The Bertz CT molecular complexity index is 1010. The second-order valence-electron chi connectivity index (χ2n) is 8.23. The van der Waals surface area contributed by atoms with Gasteiger partial charge in [-0.3, -0.25) is 9.59 Å². The Hall–Kier alpha value is -2.79. The Balaban J connectivity index is 1.83. The highest BCUT2D eigenvalue weighted by Gasteiger charge is 2.43. The van der Waals surface area contributed by atoms with Crippen LogP contribution in [-0.2, 0) is 9.59 Å². The molecule has 0 bridgehead atoms. The summed E-state index contributed by atoms with van der Waals surface area (Å²) in [6.45, 7) is 5.88. The molecule has 2 aliphatic rings. The summed E-state index contributed by atoms with van der Waals surface area (Å²) < 4.78 is 5.29. The fourth-order valence-corrected chi connectivity index (χ4v) is 4.64. The van der Waals surface area contributed by atoms with Crippen LogP contribution in [0.25, 0.3) is 5.57 Å². The number of carbonyl (C=O) groups excluding carboxylic acids is 2. The topological polar surface area (TPSA) is 49.9 Å². The van der Waals surface area contributed by atoms with Crippen LogP contribution in [0.4, 0.5) is 5.69 Å². The summed E-state index contributed by atoms with van der Waals surface area (Å²) in [5, 5.41) is 0.586. The van der Waals surface area contributed by atoms with E-state index >= 15 is 0 Å². The van der Waals surface area contributed by atoms with Crippen LogP contribution in [-0.4, -0.2) is 36.9 Å². The van der Waals surface area contributed by atoms with Gasteiger partial charge in [-0.25, -0.2) is 4.90 Å². The zero-order chi connectivity index (χ0) is 21.4. The average molecular weight is 425 g/mol. The molecule has 0 aromatic heterocycles. The molecular formula is C24H25ClN2O3. The number of ether oxygens (including phenoxy) is 1. The first-order valence-corrected chi connectivity index (χ1v) is 10.5. The number of anilines is 1. The molecule has 5 nitrogen and oxygen atoms in total. The molecule has 2 aromatic rings. The Morgan fingerprint density at radius 3 is 2.27 bits per heavy atom. The number of halogens is 1. The lowest BCUT2D eigenvalue weighted by molar-refractivity contribution is -0.120. The molecule has 0 N–H and O–H groups in total. The minimum Gasteiger partial charge on any atom is -0.497 e. The SMILES string of the molecule is COc1cccc(N2C(=O)C(c3ccc(Cl)cc3)=C(N3CC(C)CC(C)C3)C2=O)c1. The van der Waals surface area contributed by atoms with Crippen LogP contribution in [0, 0.1) is 11.8 Å². The molecule has 156 valence electrons. The number of hydrogen-bond donors (Lipinski definition) is 0. The summed E-state index contributed by atoms with van der Waals surface area (Å²) in [6.07, 6.45) is 1.11. The van der Waals surface area contributed by atoms with Gasteiger partial charge in [-0.2, -0.15) is 0 Å². The molecule has 1 fully saturated rings. The molecule has 2 atom stereocenters. The molecule has 2 aliphatic heterocycles. The van der Waals surface area contributed by atoms with E-state index in [-0.39, 0.29) is 11.8 Å². The Kier molecular flexibility index (Phi) is 5.56. The van der Waals surface area contributed by atoms with Gasteiger partial charge in [0.25, 0.3) is 11.8 Å². The summed E-state index contributed by atoms with van der Waals surface area (Å²) in [6, 6.07) is 14.1. The van der Waals surface area contributed by atoms with Gasteiger partial charge >= 0.3 is 0 Å². The average Bonchev–Trinajstić information content (AvgIpc) is 2.98. The second-order valence-corrected chi connectivity index (χ2v) is 8.67. The molecule has 2 heterocycles. The van der Waals surface area contributed by atoms with E-state index in [4.69, 9.17) is 16.3 Å². The molecule has 0 aliphatic carbocycles. The van der Waals surface area contributed by atoms with Crippen LogP contribution >= 0.6 is 11.6 Å². The summed E-state index contributed by atoms with van der Waals surface area (Å²) >= 11 is 6.06. The maximum Gasteiger partial charge on any atom is 0.282 e. The monoisotopic (exact) mass is 424 g/mol. The van der Waals surface area contributed by atoms with Crippen molar-refractivity contribution in [3.8, 4) is 5.75 Å². The van der Waals surface area contributed by atoms with Crippen molar-refractivity contribution in [3.05, 3.63) is 64.8 Å². The number of methoxy groups -OCH3 is 1. The summed E-state index contributed by atoms with van der Waals surface area (Å²) in [5.41, 5.74) is 2.11. The van der Waals surface area contributed by atoms with E-state index in [9.17, 15) is 9.59 Å². The lowest BCUT2D eigenvalue weighted by atomic mass is 9.91. The first kappa shape index (κ1) is 20.5. The number of piperidine rings is 1. The Morgan fingerprint density at radius 1 is 0.967 bits per heavy atom. The van der Waals surface area contributed by atoms with E-state index < -0.39 is 0 Å². The highest BCUT2D eigenvalue weighted by Crippen LogP contribution is 2.38. The summed E-state index contributed by atoms with van der Waals surface area (Å²) in [5.74, 6) is 0.869. The largest absolute Gasteiger partial charge is 0.497 e. The van der Waals surface area contributed by atoms with Crippen LogP contribution in [0.1, 0.15) is 25.8 Å². The lowest BCUT2D eigenvalue weighted by Crippen LogP contribution is -2.42. The molecule has 4 rings (SSSR count). The Labute approximate surface area is 181 Å². The molecule has 1 saturated heterocycles. The number of benzene rings is 2. The van der Waals surface area contributed by atoms with Gasteiger partial charge in [0.2, 0.25) is 0 Å². The van der Waals surface area contributed by atoms with Crippen molar-refractivity contribution in [1.82, 2.24) is 4.90 Å². The molecule has 2 amide bonds. The van der Waals surface area contributed by atoms with E-state index in [2.05, 4.69) is 18.7 Å². The summed E-state index contributed by atoms with van der Waals surface area (Å²) in [7, 11) is 1.56. The van der Waals surface area contributed by atoms with Gasteiger partial charge in [0.05, 0.1) is 18.4 Å². The molecule has 0 spiro atoms. The van der Waals surface area contributed by atoms with Crippen LogP contribution in [0.2, 0.25) is 5.02 Å². The van der Waals surface area contributed by atoms with Crippen LogP contribution in [0.15, 0.2) is 54.2 Å². The van der Waals surface area contributed by atoms with Crippen LogP contribution in [0.3, 0.4) is 0 Å². The van der Waals surface area contributed by atoms with Crippen molar-refractivity contribution in [3.63, 3.8) is 0 Å². The predicted molar refractivity (Wildman–Crippen MR) is 118 cm³/mol. The zero-order valence-corrected chi connectivity index (χ0v) is 18.1. The van der Waals surface area contributed by atoms with Gasteiger partial charge in [0, 0.05) is 24.2 Å². The van der Waals surface area contributed by atoms with Crippen LogP contribution in [0.5, 0.6) is 5.75 Å². The minimum atomic E-state index is -0.323. The smallest absolute Gasteiger partial charge is 0.282 e. The molecule has 2 unspecified atom stereocenters. The number of imide groups is 1. The van der Waals surface area contributed by atoms with E-state index in [1.807, 2.05) is 0 Å². The fraction of sp³-hybridized carbons (Fsp3) is 0.333. The molecule has 0 radical (unpaired) electrons. The Morgan fingerprint density at radius 2 is 1.63 bits per heavy atom. The fourth-order valence-electron chi connectivity index (χ4n) is 4.52. The van der Waals surface area contributed by atoms with Crippen molar-refractivity contribution in [2.75, 3.05) is 25.1 Å². The quantitative estimate of drug-likeness (QED) is 0.672. The van der Waals surface area contributed by atoms with Gasteiger partial charge < -0.3 is 9.64 Å². The summed E-state index contributed by atoms with van der Waals surface area (Å²) in [4.78, 5) is 30.5. The van der Waals surface area contributed by atoms with Crippen molar-refractivity contribution in [1.29, 1.82) is 0 Å². The van der Waals surface area contributed by atoms with Crippen molar-refractivity contribution >= 4 is 34.7 Å². The number of rotatable bonds is 4. The third kappa shape index (κ3) is 3.70. The van der Waals surface area contributed by atoms with Gasteiger partial charge in [-0.1, -0.05) is 43.6 Å². The predicted octanol–water partition coefficient (Wildman–Crippen LogP) is 4.61. The lowest BCUT2D eigenvalue weighted by Gasteiger charge is -2.37. The highest BCUT2D eigenvalue weighted by molar-refractivity contribution is 6.45. The van der Waals surface area contributed by atoms with E-state index in [0.717, 1.165) is 19.5 Å². The van der Waals surface area contributed by atoms with E-state index in [1.54, 1.807) is 55.6 Å². The second kappa shape index (κ2) is 8.15. The van der Waals surface area contributed by atoms with Crippen molar-refractivity contribution in [2.45, 2.75) is 20.3 Å². The molecular weight excluding hydrogens is 400 g/mol. The van der Waals surface area contributed by atoms with Gasteiger partial charge in [-0.05, 0) is 48.1 Å². The normalized spacial score (nSPS) is 22.1. The molecule has 2 aromatic carbocycles. The van der Waals surface area contributed by atoms with E-state index in [1.165, 1.54) is 4.90 Å². The van der Waals surface area contributed by atoms with Crippen LogP contribution < -0.4 is 9.64 Å². The number of amides is 2. The van der Waals surface area contributed by atoms with Crippen molar-refractivity contribution < 1.29 is 14.3 Å². The number of likely N-dealkylation sites (tertiary alicyclic amines) is 1. The minimum absolute atomic E-state index is 0.292. The van der Waals surface area contributed by atoms with Gasteiger partial charge in [0.1, 0.15) is 11.4 Å². The molecule has 6 heteroatoms. The third-order valence-corrected chi connectivity index (χ3v) is 5.94. The molecule has 30 heavy (non-hydrogen) atoms. The van der Waals surface area contributed by atoms with Gasteiger partial charge in [-0.15, -0.1) is 0 Å². The first-order chi connectivity index (χ1) is 14.4. The zero-order valence-electron chi connectivity index (χ0n) is 17.4.